The molecular weight excluding hydrogens is 304 g/mol. The van der Waals surface area contributed by atoms with E-state index < -0.39 is 0 Å². The number of piperidine rings is 1. The van der Waals surface area contributed by atoms with Crippen molar-refractivity contribution < 1.29 is 4.79 Å². The zero-order valence-corrected chi connectivity index (χ0v) is 14.0. The highest BCUT2D eigenvalue weighted by Gasteiger charge is 2.27. The quantitative estimate of drug-likeness (QED) is 0.866. The lowest BCUT2D eigenvalue weighted by atomic mass is 9.97. The number of anilines is 1. The van der Waals surface area contributed by atoms with Crippen molar-refractivity contribution in [2.24, 2.45) is 11.8 Å². The maximum Gasteiger partial charge on any atom is 0.225 e. The highest BCUT2D eigenvalue weighted by Crippen LogP contribution is 2.20. The molecule has 0 saturated carbocycles. The van der Waals surface area contributed by atoms with Crippen LogP contribution in [0, 0.1) is 11.8 Å². The van der Waals surface area contributed by atoms with Gasteiger partial charge in [0, 0.05) is 51.0 Å². The SMILES string of the molecule is C[C@H](CNC(=O)[C@@H]1CCCN(c2ncccn2)C1)Cn1cccn1. The molecule has 1 aliphatic heterocycles. The van der Waals surface area contributed by atoms with Gasteiger partial charge in [-0.3, -0.25) is 9.48 Å². The number of rotatable bonds is 6. The lowest BCUT2D eigenvalue weighted by Gasteiger charge is -2.32. The minimum absolute atomic E-state index is 0.000500. The fraction of sp³-hybridized carbons (Fsp3) is 0.529. The van der Waals surface area contributed by atoms with E-state index in [-0.39, 0.29) is 11.8 Å². The first-order valence-corrected chi connectivity index (χ1v) is 8.49. The average molecular weight is 328 g/mol. The number of hydrogen-bond donors (Lipinski definition) is 1. The van der Waals surface area contributed by atoms with E-state index >= 15 is 0 Å². The van der Waals surface area contributed by atoms with Crippen molar-refractivity contribution >= 4 is 11.9 Å². The smallest absolute Gasteiger partial charge is 0.225 e. The van der Waals surface area contributed by atoms with E-state index in [4.69, 9.17) is 0 Å². The van der Waals surface area contributed by atoms with Gasteiger partial charge in [0.25, 0.3) is 0 Å². The first-order valence-electron chi connectivity index (χ1n) is 8.49. The molecule has 0 spiro atoms. The molecule has 2 aromatic heterocycles. The Morgan fingerprint density at radius 2 is 2.17 bits per heavy atom. The molecule has 2 atom stereocenters. The van der Waals surface area contributed by atoms with E-state index in [1.54, 1.807) is 24.7 Å². The minimum atomic E-state index is -0.000500. The molecule has 0 aromatic carbocycles. The maximum atomic E-state index is 12.5. The van der Waals surface area contributed by atoms with Gasteiger partial charge in [0.05, 0.1) is 5.92 Å². The van der Waals surface area contributed by atoms with Gasteiger partial charge >= 0.3 is 0 Å². The van der Waals surface area contributed by atoms with Crippen LogP contribution in [0.4, 0.5) is 5.95 Å². The number of aromatic nitrogens is 4. The van der Waals surface area contributed by atoms with E-state index in [0.717, 1.165) is 25.9 Å². The molecular formula is C17H24N6O. The highest BCUT2D eigenvalue weighted by atomic mass is 16.1. The van der Waals surface area contributed by atoms with Crippen molar-refractivity contribution in [3.63, 3.8) is 0 Å². The Morgan fingerprint density at radius 1 is 1.33 bits per heavy atom. The van der Waals surface area contributed by atoms with Crippen LogP contribution in [0.2, 0.25) is 0 Å². The van der Waals surface area contributed by atoms with E-state index in [0.29, 0.717) is 25.0 Å². The first-order chi connectivity index (χ1) is 11.7. The summed E-state index contributed by atoms with van der Waals surface area (Å²) in [5.74, 6) is 1.18. The third kappa shape index (κ3) is 4.31. The minimum Gasteiger partial charge on any atom is -0.355 e. The lowest BCUT2D eigenvalue weighted by molar-refractivity contribution is -0.125. The Hall–Kier alpha value is -2.44. The van der Waals surface area contributed by atoms with Crippen LogP contribution in [-0.2, 0) is 11.3 Å². The summed E-state index contributed by atoms with van der Waals surface area (Å²) in [7, 11) is 0. The zero-order chi connectivity index (χ0) is 16.8. The molecule has 7 heteroatoms. The van der Waals surface area contributed by atoms with Crippen molar-refractivity contribution in [3.8, 4) is 0 Å². The van der Waals surface area contributed by atoms with E-state index in [1.807, 2.05) is 16.9 Å². The summed E-state index contributed by atoms with van der Waals surface area (Å²) >= 11 is 0. The van der Waals surface area contributed by atoms with Crippen LogP contribution < -0.4 is 10.2 Å². The Bertz CT molecular complexity index is 630. The van der Waals surface area contributed by atoms with Crippen LogP contribution in [0.1, 0.15) is 19.8 Å². The summed E-state index contributed by atoms with van der Waals surface area (Å²) in [5.41, 5.74) is 0. The second kappa shape index (κ2) is 7.90. The molecule has 7 nitrogen and oxygen atoms in total. The van der Waals surface area contributed by atoms with Gasteiger partial charge in [-0.05, 0) is 30.9 Å². The summed E-state index contributed by atoms with van der Waals surface area (Å²) in [6.07, 6.45) is 9.10. The molecule has 3 heterocycles. The van der Waals surface area contributed by atoms with Gasteiger partial charge in [0.15, 0.2) is 0 Å². The van der Waals surface area contributed by atoms with Gasteiger partial charge < -0.3 is 10.2 Å². The predicted molar refractivity (Wildman–Crippen MR) is 91.4 cm³/mol. The summed E-state index contributed by atoms with van der Waals surface area (Å²) < 4.78 is 1.89. The molecule has 24 heavy (non-hydrogen) atoms. The second-order valence-corrected chi connectivity index (χ2v) is 6.41. The Balaban J connectivity index is 1.47. The van der Waals surface area contributed by atoms with Crippen LogP contribution in [0.3, 0.4) is 0 Å². The number of carbonyl (C=O) groups is 1. The summed E-state index contributed by atoms with van der Waals surface area (Å²) in [5, 5.41) is 7.29. The zero-order valence-electron chi connectivity index (χ0n) is 14.0. The number of hydrogen-bond acceptors (Lipinski definition) is 5. The van der Waals surface area contributed by atoms with E-state index in [9.17, 15) is 4.79 Å². The number of amides is 1. The molecule has 1 N–H and O–H groups in total. The van der Waals surface area contributed by atoms with Crippen molar-refractivity contribution in [2.45, 2.75) is 26.3 Å². The molecule has 1 amide bonds. The highest BCUT2D eigenvalue weighted by molar-refractivity contribution is 5.79. The van der Waals surface area contributed by atoms with Crippen molar-refractivity contribution in [2.75, 3.05) is 24.5 Å². The van der Waals surface area contributed by atoms with Crippen LogP contribution >= 0.6 is 0 Å². The summed E-state index contributed by atoms with van der Waals surface area (Å²) in [6.45, 7) is 5.18. The van der Waals surface area contributed by atoms with Crippen LogP contribution in [0.25, 0.3) is 0 Å². The van der Waals surface area contributed by atoms with Crippen LogP contribution in [-0.4, -0.2) is 45.3 Å². The number of carbonyl (C=O) groups excluding carboxylic acids is 1. The Morgan fingerprint density at radius 3 is 2.92 bits per heavy atom. The lowest BCUT2D eigenvalue weighted by Crippen LogP contribution is -2.44. The molecule has 128 valence electrons. The maximum absolute atomic E-state index is 12.5. The van der Waals surface area contributed by atoms with Gasteiger partial charge in [0.1, 0.15) is 0 Å². The van der Waals surface area contributed by atoms with Gasteiger partial charge in [0.2, 0.25) is 11.9 Å². The molecule has 0 radical (unpaired) electrons. The standard InChI is InChI=1S/C17H24N6O/c1-14(12-23-10-4-8-21-23)11-20-16(24)15-5-2-9-22(13-15)17-18-6-3-7-19-17/h3-4,6-8,10,14-15H,2,5,9,11-13H2,1H3,(H,20,24)/t14-,15-/m1/s1. The largest absolute Gasteiger partial charge is 0.355 e. The second-order valence-electron chi connectivity index (χ2n) is 6.41. The normalized spacial score (nSPS) is 19.0. The molecule has 0 bridgehead atoms. The Kier molecular flexibility index (Phi) is 5.40. The molecule has 1 saturated heterocycles. The summed E-state index contributed by atoms with van der Waals surface area (Å²) in [4.78, 5) is 23.2. The number of nitrogens with zero attached hydrogens (tertiary/aromatic N) is 5. The van der Waals surface area contributed by atoms with Gasteiger partial charge in [-0.1, -0.05) is 6.92 Å². The van der Waals surface area contributed by atoms with E-state index in [1.165, 1.54) is 0 Å². The molecule has 2 aromatic rings. The third-order valence-corrected chi connectivity index (χ3v) is 4.31. The monoisotopic (exact) mass is 328 g/mol. The molecule has 1 aliphatic rings. The summed E-state index contributed by atoms with van der Waals surface area (Å²) in [6, 6.07) is 3.71. The van der Waals surface area contributed by atoms with E-state index in [2.05, 4.69) is 32.2 Å². The predicted octanol–water partition coefficient (Wildman–Crippen LogP) is 1.34. The van der Waals surface area contributed by atoms with Crippen molar-refractivity contribution in [1.29, 1.82) is 0 Å². The van der Waals surface area contributed by atoms with Crippen LogP contribution in [0.5, 0.6) is 0 Å². The molecule has 0 aliphatic carbocycles. The van der Waals surface area contributed by atoms with Crippen molar-refractivity contribution in [3.05, 3.63) is 36.9 Å². The average Bonchev–Trinajstić information content (AvgIpc) is 3.13. The van der Waals surface area contributed by atoms with Gasteiger partial charge in [-0.2, -0.15) is 5.10 Å². The number of nitrogens with one attached hydrogen (secondary N) is 1. The van der Waals surface area contributed by atoms with Crippen molar-refractivity contribution in [1.82, 2.24) is 25.1 Å². The topological polar surface area (TPSA) is 75.9 Å². The first kappa shape index (κ1) is 16.4. The van der Waals surface area contributed by atoms with Crippen LogP contribution in [0.15, 0.2) is 36.9 Å². The fourth-order valence-corrected chi connectivity index (χ4v) is 3.04. The third-order valence-electron chi connectivity index (χ3n) is 4.31. The molecule has 0 unspecified atom stereocenters. The molecule has 1 fully saturated rings. The Labute approximate surface area is 142 Å². The fourth-order valence-electron chi connectivity index (χ4n) is 3.04. The van der Waals surface area contributed by atoms with Gasteiger partial charge in [-0.15, -0.1) is 0 Å². The molecule has 3 rings (SSSR count). The van der Waals surface area contributed by atoms with Gasteiger partial charge in [-0.25, -0.2) is 9.97 Å².